The Labute approximate surface area is 168 Å². The second-order valence-electron chi connectivity index (χ2n) is 7.17. The van der Waals surface area contributed by atoms with Crippen LogP contribution >= 0.6 is 35.0 Å². The molecule has 1 fully saturated rings. The number of hydrogen-bond acceptors (Lipinski definition) is 2. The van der Waals surface area contributed by atoms with Crippen molar-refractivity contribution >= 4 is 35.0 Å². The summed E-state index contributed by atoms with van der Waals surface area (Å²) in [4.78, 5) is 5.72. The Balaban J connectivity index is 1.67. The van der Waals surface area contributed by atoms with Gasteiger partial charge < -0.3 is 14.9 Å². The quantitative estimate of drug-likeness (QED) is 0.715. The van der Waals surface area contributed by atoms with Gasteiger partial charge in [-0.05, 0) is 42.0 Å². The molecule has 4 rings (SSSR count). The lowest BCUT2D eigenvalue weighted by Crippen LogP contribution is -3.28. The molecule has 0 bridgehead atoms. The topological polar surface area (TPSA) is 29.1 Å². The number of rotatable bonds is 3. The van der Waals surface area contributed by atoms with Gasteiger partial charge in [-0.2, -0.15) is 0 Å². The van der Waals surface area contributed by atoms with E-state index in [0.29, 0.717) is 6.04 Å². The molecule has 0 amide bonds. The van der Waals surface area contributed by atoms with Crippen LogP contribution in [0, 0.1) is 0 Å². The van der Waals surface area contributed by atoms with Crippen molar-refractivity contribution in [3.63, 3.8) is 0 Å². The van der Waals surface area contributed by atoms with E-state index in [2.05, 4.69) is 24.3 Å². The summed E-state index contributed by atoms with van der Waals surface area (Å²) in [6.07, 6.45) is 0.987. The van der Waals surface area contributed by atoms with Crippen LogP contribution in [0.3, 0.4) is 0 Å². The number of nitrogens with one attached hydrogen (secondary N) is 2. The Bertz CT molecular complexity index is 793. The van der Waals surface area contributed by atoms with Gasteiger partial charge in [0, 0.05) is 31.8 Å². The fourth-order valence-corrected chi connectivity index (χ4v) is 5.66. The molecule has 0 unspecified atom stereocenters. The van der Waals surface area contributed by atoms with E-state index in [1.165, 1.54) is 25.8 Å². The first-order valence-corrected chi connectivity index (χ1v) is 10.8. The fraction of sp³-hybridized carbons (Fsp3) is 0.400. The van der Waals surface area contributed by atoms with Crippen molar-refractivity contribution in [1.29, 1.82) is 0 Å². The molecule has 2 heterocycles. The molecule has 1 atom stereocenters. The number of halogens is 2. The van der Waals surface area contributed by atoms with Crippen molar-refractivity contribution < 1.29 is 14.9 Å². The average Bonchev–Trinajstić information content (AvgIpc) is 2.79. The van der Waals surface area contributed by atoms with Crippen molar-refractivity contribution in [2.45, 2.75) is 22.3 Å². The maximum Gasteiger partial charge on any atom is 0.128 e. The molecule has 2 aliphatic rings. The van der Waals surface area contributed by atoms with Crippen molar-refractivity contribution in [1.82, 2.24) is 0 Å². The number of piperazine rings is 1. The summed E-state index contributed by atoms with van der Waals surface area (Å²) < 4.78 is 0. The molecule has 1 saturated heterocycles. The predicted molar refractivity (Wildman–Crippen MR) is 107 cm³/mol. The van der Waals surface area contributed by atoms with Crippen LogP contribution in [-0.2, 0) is 6.42 Å². The van der Waals surface area contributed by atoms with Crippen molar-refractivity contribution in [3.8, 4) is 0 Å². The SMILES string of the molecule is OCC[NH+]1CC[NH+]([C@H]2Cc3cc(Cl)ccc3Sc3ccc(Cl)cc32)CC1. The predicted octanol–water partition coefficient (Wildman–Crippen LogP) is 1.52. The highest BCUT2D eigenvalue weighted by molar-refractivity contribution is 7.99. The van der Waals surface area contributed by atoms with Gasteiger partial charge >= 0.3 is 0 Å². The maximum absolute atomic E-state index is 9.21. The highest BCUT2D eigenvalue weighted by Gasteiger charge is 2.34. The summed E-state index contributed by atoms with van der Waals surface area (Å²) in [5.74, 6) is 0. The lowest BCUT2D eigenvalue weighted by Gasteiger charge is -2.34. The van der Waals surface area contributed by atoms with Crippen LogP contribution in [0.15, 0.2) is 46.2 Å². The Morgan fingerprint density at radius 3 is 2.38 bits per heavy atom. The summed E-state index contributed by atoms with van der Waals surface area (Å²) >= 11 is 14.5. The van der Waals surface area contributed by atoms with Crippen molar-refractivity contribution in [2.24, 2.45) is 0 Å². The summed E-state index contributed by atoms with van der Waals surface area (Å²) in [7, 11) is 0. The molecule has 3 N–H and O–H groups in total. The number of aliphatic hydroxyl groups is 1. The summed E-state index contributed by atoms with van der Waals surface area (Å²) in [6.45, 7) is 5.58. The second-order valence-corrected chi connectivity index (χ2v) is 9.13. The first-order valence-electron chi connectivity index (χ1n) is 9.19. The van der Waals surface area contributed by atoms with Crippen LogP contribution < -0.4 is 9.80 Å². The number of fused-ring (bicyclic) bond motifs is 2. The third-order valence-corrected chi connectivity index (χ3v) is 7.25. The van der Waals surface area contributed by atoms with Crippen LogP contribution in [0.1, 0.15) is 17.2 Å². The van der Waals surface area contributed by atoms with E-state index in [4.69, 9.17) is 23.2 Å². The van der Waals surface area contributed by atoms with Gasteiger partial charge in [0.05, 0.1) is 6.61 Å². The molecule has 3 nitrogen and oxygen atoms in total. The van der Waals surface area contributed by atoms with Gasteiger partial charge in [-0.15, -0.1) is 0 Å². The monoisotopic (exact) mass is 410 g/mol. The zero-order valence-corrected chi connectivity index (χ0v) is 16.9. The molecule has 0 aromatic heterocycles. The minimum Gasteiger partial charge on any atom is -0.391 e. The molecule has 2 aromatic rings. The zero-order valence-electron chi connectivity index (χ0n) is 14.6. The molecule has 0 aliphatic carbocycles. The minimum atomic E-state index is 0.273. The van der Waals surface area contributed by atoms with Gasteiger partial charge in [-0.3, -0.25) is 0 Å². The van der Waals surface area contributed by atoms with E-state index >= 15 is 0 Å². The lowest BCUT2D eigenvalue weighted by molar-refractivity contribution is -1.03. The van der Waals surface area contributed by atoms with Crippen LogP contribution in [0.25, 0.3) is 0 Å². The Hall–Kier alpha value is -0.750. The lowest BCUT2D eigenvalue weighted by atomic mass is 9.96. The highest BCUT2D eigenvalue weighted by Crippen LogP contribution is 2.41. The normalized spacial score (nSPS) is 25.3. The summed E-state index contributed by atoms with van der Waals surface area (Å²) in [5, 5.41) is 10.8. The summed E-state index contributed by atoms with van der Waals surface area (Å²) in [5.41, 5.74) is 2.69. The van der Waals surface area contributed by atoms with Crippen LogP contribution in [0.4, 0.5) is 0 Å². The maximum atomic E-state index is 9.21. The first-order chi connectivity index (χ1) is 12.6. The van der Waals surface area contributed by atoms with Gasteiger partial charge in [0.25, 0.3) is 0 Å². The van der Waals surface area contributed by atoms with Gasteiger partial charge in [0.15, 0.2) is 0 Å². The van der Waals surface area contributed by atoms with E-state index in [0.717, 1.165) is 49.2 Å². The molecule has 0 radical (unpaired) electrons. The number of hydrogen-bond donors (Lipinski definition) is 3. The minimum absolute atomic E-state index is 0.273. The molecule has 0 spiro atoms. The highest BCUT2D eigenvalue weighted by atomic mass is 35.5. The molecule has 2 aromatic carbocycles. The van der Waals surface area contributed by atoms with Gasteiger partial charge in [0.1, 0.15) is 38.8 Å². The largest absolute Gasteiger partial charge is 0.391 e. The molecular weight excluding hydrogens is 387 g/mol. The van der Waals surface area contributed by atoms with E-state index in [1.54, 1.807) is 4.90 Å². The number of aliphatic hydroxyl groups excluding tert-OH is 1. The second kappa shape index (κ2) is 8.09. The average molecular weight is 411 g/mol. The molecule has 26 heavy (non-hydrogen) atoms. The van der Waals surface area contributed by atoms with Gasteiger partial charge in [0.2, 0.25) is 0 Å². The van der Waals surface area contributed by atoms with E-state index in [-0.39, 0.29) is 6.61 Å². The van der Waals surface area contributed by atoms with Crippen LogP contribution in [-0.4, -0.2) is 44.4 Å². The molecule has 2 aliphatic heterocycles. The fourth-order valence-electron chi connectivity index (χ4n) is 4.19. The number of quaternary nitrogens is 2. The van der Waals surface area contributed by atoms with Gasteiger partial charge in [-0.1, -0.05) is 35.0 Å². The van der Waals surface area contributed by atoms with E-state index in [1.807, 2.05) is 23.9 Å². The first kappa shape index (κ1) is 18.6. The van der Waals surface area contributed by atoms with Gasteiger partial charge in [-0.25, -0.2) is 0 Å². The number of benzene rings is 2. The molecule has 138 valence electrons. The van der Waals surface area contributed by atoms with Crippen LogP contribution in [0.5, 0.6) is 0 Å². The van der Waals surface area contributed by atoms with Crippen LogP contribution in [0.2, 0.25) is 10.0 Å². The van der Waals surface area contributed by atoms with Crippen molar-refractivity contribution in [3.05, 3.63) is 57.6 Å². The van der Waals surface area contributed by atoms with E-state index < -0.39 is 0 Å². The molecular formula is C20H24Cl2N2OS+2. The van der Waals surface area contributed by atoms with Crippen molar-refractivity contribution in [2.75, 3.05) is 39.3 Å². The Morgan fingerprint density at radius 1 is 0.962 bits per heavy atom. The summed E-state index contributed by atoms with van der Waals surface area (Å²) in [6, 6.07) is 12.9. The standard InChI is InChI=1S/C20H22Cl2N2OS/c21-15-1-3-19-14(11-15)12-18(17-13-16(22)2-4-20(17)26-19)24-7-5-23(6-8-24)9-10-25/h1-4,11,13,18,25H,5-10,12H2/p+2/t18-/m0/s1. The third-order valence-electron chi connectivity index (χ3n) is 5.57. The molecule has 0 saturated carbocycles. The third kappa shape index (κ3) is 3.91. The Kier molecular flexibility index (Phi) is 5.79. The smallest absolute Gasteiger partial charge is 0.128 e. The zero-order chi connectivity index (χ0) is 18.1. The Morgan fingerprint density at radius 2 is 1.65 bits per heavy atom. The molecule has 6 heteroatoms. The van der Waals surface area contributed by atoms with E-state index in [9.17, 15) is 5.11 Å².